The van der Waals surface area contributed by atoms with Crippen LogP contribution in [0.25, 0.3) is 21.8 Å². The van der Waals surface area contributed by atoms with Crippen LogP contribution in [0.4, 0.5) is 5.69 Å². The lowest BCUT2D eigenvalue weighted by molar-refractivity contribution is -0.119. The summed E-state index contributed by atoms with van der Waals surface area (Å²) < 4.78 is 34.9. The van der Waals surface area contributed by atoms with Crippen molar-refractivity contribution in [2.24, 2.45) is 0 Å². The molecule has 0 radical (unpaired) electrons. The molecule has 5 rings (SSSR count). The van der Waals surface area contributed by atoms with Crippen LogP contribution in [0.5, 0.6) is 0 Å². The molecule has 38 heavy (non-hydrogen) atoms. The molecule has 0 atom stereocenters. The first kappa shape index (κ1) is 26.2. The monoisotopic (exact) mass is 553 g/mol. The van der Waals surface area contributed by atoms with Crippen molar-refractivity contribution in [3.63, 3.8) is 0 Å². The normalized spacial score (nSPS) is 14.6. The molecule has 0 spiro atoms. The number of para-hydroxylation sites is 1. The molecule has 10 heteroatoms. The number of benzene rings is 3. The molecule has 1 aliphatic rings. The number of carbonyl (C=O) groups is 2. The fraction of sp³-hybridized carbons (Fsp3) is 0.286. The zero-order chi connectivity index (χ0) is 26.9. The Morgan fingerprint density at radius 3 is 2.45 bits per heavy atom. The highest BCUT2D eigenvalue weighted by Crippen LogP contribution is 2.31. The Hall–Kier alpha value is -3.40. The van der Waals surface area contributed by atoms with Gasteiger partial charge in [-0.1, -0.05) is 36.2 Å². The molecule has 8 nitrogen and oxygen atoms in total. The van der Waals surface area contributed by atoms with Crippen molar-refractivity contribution in [3.8, 4) is 0 Å². The van der Waals surface area contributed by atoms with Crippen molar-refractivity contribution in [2.75, 3.05) is 25.0 Å². The number of halogens is 1. The molecule has 1 fully saturated rings. The maximum Gasteiger partial charge on any atom is 0.338 e. The molecule has 2 heterocycles. The van der Waals surface area contributed by atoms with Gasteiger partial charge in [0.1, 0.15) is 4.90 Å². The number of hydrogen-bond donors (Lipinski definition) is 1. The van der Waals surface area contributed by atoms with Crippen molar-refractivity contribution in [2.45, 2.75) is 37.6 Å². The number of hydrogen-bond acceptors (Lipinski definition) is 5. The maximum atomic E-state index is 13.1. The number of aryl methyl sites for hydroxylation is 1. The highest BCUT2D eigenvalue weighted by atomic mass is 35.5. The number of carbonyl (C=O) groups excluding carboxylic acids is 2. The molecular weight excluding hydrogens is 526 g/mol. The summed E-state index contributed by atoms with van der Waals surface area (Å²) in [6.07, 6.45) is 2.53. The summed E-state index contributed by atoms with van der Waals surface area (Å²) in [6, 6.07) is 17.7. The number of ether oxygens (including phenoxy) is 1. The Labute approximate surface area is 226 Å². The minimum absolute atomic E-state index is 0.00609. The van der Waals surface area contributed by atoms with Crippen molar-refractivity contribution < 1.29 is 22.7 Å². The molecule has 0 aliphatic carbocycles. The van der Waals surface area contributed by atoms with Crippen molar-refractivity contribution in [1.29, 1.82) is 0 Å². The van der Waals surface area contributed by atoms with Crippen LogP contribution in [0.3, 0.4) is 0 Å². The summed E-state index contributed by atoms with van der Waals surface area (Å²) in [5.41, 5.74) is 2.77. The van der Waals surface area contributed by atoms with E-state index in [0.29, 0.717) is 18.8 Å². The maximum absolute atomic E-state index is 13.1. The van der Waals surface area contributed by atoms with Crippen LogP contribution in [0, 0.1) is 0 Å². The molecule has 0 bridgehead atoms. The summed E-state index contributed by atoms with van der Waals surface area (Å²) in [4.78, 5) is 25.1. The lowest BCUT2D eigenvalue weighted by Gasteiger charge is -2.26. The van der Waals surface area contributed by atoms with Crippen LogP contribution in [0.1, 0.15) is 36.5 Å². The summed E-state index contributed by atoms with van der Waals surface area (Å²) >= 11 is 6.19. The number of anilines is 1. The fourth-order valence-electron chi connectivity index (χ4n) is 4.96. The number of rotatable bonds is 7. The van der Waals surface area contributed by atoms with E-state index in [4.69, 9.17) is 16.3 Å². The van der Waals surface area contributed by atoms with Gasteiger partial charge in [-0.25, -0.2) is 13.2 Å². The molecule has 1 aliphatic heterocycles. The van der Waals surface area contributed by atoms with Gasteiger partial charge in [-0.2, -0.15) is 4.31 Å². The quantitative estimate of drug-likeness (QED) is 0.307. The molecule has 1 aromatic heterocycles. The lowest BCUT2D eigenvalue weighted by Crippen LogP contribution is -2.35. The van der Waals surface area contributed by atoms with Crippen molar-refractivity contribution in [3.05, 3.63) is 71.2 Å². The van der Waals surface area contributed by atoms with Crippen LogP contribution >= 0.6 is 11.6 Å². The zero-order valence-electron chi connectivity index (χ0n) is 20.9. The molecule has 1 N–H and O–H groups in total. The van der Waals surface area contributed by atoms with Gasteiger partial charge in [0.15, 0.2) is 6.61 Å². The molecular formula is C28H28ClN3O5S. The highest BCUT2D eigenvalue weighted by molar-refractivity contribution is 7.89. The first-order valence-electron chi connectivity index (χ1n) is 12.6. The average Bonchev–Trinajstić information content (AvgIpc) is 3.25. The van der Waals surface area contributed by atoms with E-state index in [1.807, 2.05) is 36.4 Å². The standard InChI is InChI=1S/C28H28ClN3O5S/c1-2-32-24-9-5-4-8-21(24)22-17-20(11-13-25(22)32)30-27(33)18-37-28(34)19-10-12-23(29)26(16-19)38(35,36)31-14-6-3-7-15-31/h4-5,8-13,16-17H,2-3,6-7,14-15,18H2,1H3,(H,30,33). The zero-order valence-corrected chi connectivity index (χ0v) is 22.5. The number of esters is 1. The van der Waals surface area contributed by atoms with E-state index < -0.39 is 28.5 Å². The Morgan fingerprint density at radius 2 is 1.68 bits per heavy atom. The van der Waals surface area contributed by atoms with E-state index in [-0.39, 0.29) is 15.5 Å². The van der Waals surface area contributed by atoms with Gasteiger partial charge in [-0.3, -0.25) is 4.79 Å². The van der Waals surface area contributed by atoms with Gasteiger partial charge >= 0.3 is 5.97 Å². The van der Waals surface area contributed by atoms with Gasteiger partial charge in [-0.05, 0) is 62.2 Å². The average molecular weight is 554 g/mol. The van der Waals surface area contributed by atoms with Gasteiger partial charge in [-0.15, -0.1) is 0 Å². The lowest BCUT2D eigenvalue weighted by atomic mass is 10.1. The smallest absolute Gasteiger partial charge is 0.338 e. The summed E-state index contributed by atoms with van der Waals surface area (Å²) in [5, 5.41) is 4.91. The topological polar surface area (TPSA) is 97.7 Å². The number of piperidine rings is 1. The second-order valence-electron chi connectivity index (χ2n) is 9.23. The Kier molecular flexibility index (Phi) is 7.43. The summed E-state index contributed by atoms with van der Waals surface area (Å²) in [5.74, 6) is -1.32. The van der Waals surface area contributed by atoms with E-state index in [1.165, 1.54) is 22.5 Å². The minimum atomic E-state index is -3.84. The predicted octanol–water partition coefficient (Wildman–Crippen LogP) is 5.44. The van der Waals surface area contributed by atoms with E-state index in [2.05, 4.69) is 22.9 Å². The SMILES string of the molecule is CCn1c2ccccc2c2cc(NC(=O)COC(=O)c3ccc(Cl)c(S(=O)(=O)N4CCCCC4)c3)ccc21. The molecule has 3 aromatic carbocycles. The molecule has 1 amide bonds. The van der Waals surface area contributed by atoms with E-state index >= 15 is 0 Å². The molecule has 1 saturated heterocycles. The van der Waals surface area contributed by atoms with Gasteiger partial charge in [0.2, 0.25) is 10.0 Å². The van der Waals surface area contributed by atoms with Gasteiger partial charge < -0.3 is 14.6 Å². The third kappa shape index (κ3) is 5.01. The van der Waals surface area contributed by atoms with Crippen LogP contribution in [-0.2, 0) is 26.1 Å². The van der Waals surface area contributed by atoms with Gasteiger partial charge in [0.05, 0.1) is 10.6 Å². The van der Waals surface area contributed by atoms with E-state index in [9.17, 15) is 18.0 Å². The number of nitrogens with zero attached hydrogens (tertiary/aromatic N) is 2. The Balaban J connectivity index is 1.28. The molecule has 0 unspecified atom stereocenters. The fourth-order valence-corrected chi connectivity index (χ4v) is 6.97. The first-order valence-corrected chi connectivity index (χ1v) is 14.4. The van der Waals surface area contributed by atoms with Crippen LogP contribution in [-0.4, -0.2) is 48.9 Å². The minimum Gasteiger partial charge on any atom is -0.452 e. The van der Waals surface area contributed by atoms with Crippen LogP contribution in [0.2, 0.25) is 5.02 Å². The van der Waals surface area contributed by atoms with E-state index in [0.717, 1.165) is 47.6 Å². The third-order valence-electron chi connectivity index (χ3n) is 6.81. The second-order valence-corrected chi connectivity index (χ2v) is 11.5. The summed E-state index contributed by atoms with van der Waals surface area (Å²) in [7, 11) is -3.84. The second kappa shape index (κ2) is 10.8. The molecule has 0 saturated carbocycles. The number of nitrogens with one attached hydrogen (secondary N) is 1. The Morgan fingerprint density at radius 1 is 0.947 bits per heavy atom. The summed E-state index contributed by atoms with van der Waals surface area (Å²) in [6.45, 7) is 3.21. The highest BCUT2D eigenvalue weighted by Gasteiger charge is 2.29. The van der Waals surface area contributed by atoms with Crippen molar-refractivity contribution in [1.82, 2.24) is 8.87 Å². The number of amides is 1. The van der Waals surface area contributed by atoms with Crippen LogP contribution < -0.4 is 5.32 Å². The predicted molar refractivity (Wildman–Crippen MR) is 148 cm³/mol. The van der Waals surface area contributed by atoms with Crippen molar-refractivity contribution >= 4 is 61.0 Å². The number of fused-ring (bicyclic) bond motifs is 3. The number of aromatic nitrogens is 1. The van der Waals surface area contributed by atoms with Gasteiger partial charge in [0.25, 0.3) is 5.91 Å². The van der Waals surface area contributed by atoms with Crippen LogP contribution in [0.15, 0.2) is 65.6 Å². The van der Waals surface area contributed by atoms with E-state index in [1.54, 1.807) is 0 Å². The molecule has 198 valence electrons. The molecule has 4 aromatic rings. The number of sulfonamides is 1. The largest absolute Gasteiger partial charge is 0.452 e. The van der Waals surface area contributed by atoms with Gasteiger partial charge in [0, 0.05) is 47.1 Å². The Bertz CT molecular complexity index is 1640. The third-order valence-corrected chi connectivity index (χ3v) is 9.19. The first-order chi connectivity index (χ1) is 18.3.